The number of aromatic nitrogens is 1. The van der Waals surface area contributed by atoms with E-state index in [-0.39, 0.29) is 6.42 Å². The Morgan fingerprint density at radius 3 is 2.50 bits per heavy atom. The van der Waals surface area contributed by atoms with E-state index in [4.69, 9.17) is 0 Å². The molecule has 1 atom stereocenters. The predicted octanol–water partition coefficient (Wildman–Crippen LogP) is 5.28. The summed E-state index contributed by atoms with van der Waals surface area (Å²) in [6.45, 7) is 6.42. The van der Waals surface area contributed by atoms with E-state index in [2.05, 4.69) is 49.2 Å². The molecular weight excluding hydrogens is 298 g/mol. The second-order valence-electron chi connectivity index (χ2n) is 6.53. The minimum absolute atomic E-state index is 0.0210. The van der Waals surface area contributed by atoms with Crippen LogP contribution in [0.25, 0.3) is 22.2 Å². The number of benzene rings is 2. The zero-order valence-electron chi connectivity index (χ0n) is 14.4. The lowest BCUT2D eigenvalue weighted by molar-refractivity contribution is -0.136. The molecule has 0 saturated carbocycles. The summed E-state index contributed by atoms with van der Waals surface area (Å²) < 4.78 is 0. The SMILES string of the molecule is CCC(C)c1ccc2[nH]c(-c3ccc(C)cc3)c(CC(=O)O)c2c1. The van der Waals surface area contributed by atoms with Gasteiger partial charge in [0.1, 0.15) is 0 Å². The van der Waals surface area contributed by atoms with E-state index in [1.54, 1.807) is 0 Å². The van der Waals surface area contributed by atoms with E-state index >= 15 is 0 Å². The summed E-state index contributed by atoms with van der Waals surface area (Å²) in [5.74, 6) is -0.344. The van der Waals surface area contributed by atoms with Gasteiger partial charge in [0.2, 0.25) is 0 Å². The molecule has 0 aliphatic rings. The summed E-state index contributed by atoms with van der Waals surface area (Å²) in [4.78, 5) is 14.8. The Balaban J connectivity index is 2.20. The van der Waals surface area contributed by atoms with Crippen molar-refractivity contribution in [1.82, 2.24) is 4.98 Å². The molecule has 0 bridgehead atoms. The highest BCUT2D eigenvalue weighted by Crippen LogP contribution is 2.33. The molecule has 0 fully saturated rings. The van der Waals surface area contributed by atoms with Crippen molar-refractivity contribution in [3.05, 3.63) is 59.2 Å². The minimum atomic E-state index is -0.807. The van der Waals surface area contributed by atoms with Gasteiger partial charge in [-0.2, -0.15) is 0 Å². The lowest BCUT2D eigenvalue weighted by Crippen LogP contribution is -2.01. The number of aliphatic carboxylic acids is 1. The summed E-state index contributed by atoms with van der Waals surface area (Å²) in [5.41, 5.74) is 6.24. The van der Waals surface area contributed by atoms with Crippen molar-refractivity contribution < 1.29 is 9.90 Å². The molecule has 3 rings (SSSR count). The van der Waals surface area contributed by atoms with Crippen LogP contribution in [0.3, 0.4) is 0 Å². The molecule has 2 N–H and O–H groups in total. The molecule has 2 aromatic carbocycles. The molecule has 0 aliphatic heterocycles. The van der Waals surface area contributed by atoms with E-state index < -0.39 is 5.97 Å². The number of nitrogens with one attached hydrogen (secondary N) is 1. The zero-order chi connectivity index (χ0) is 17.3. The predicted molar refractivity (Wildman–Crippen MR) is 98.5 cm³/mol. The first-order chi connectivity index (χ1) is 11.5. The van der Waals surface area contributed by atoms with E-state index in [0.29, 0.717) is 5.92 Å². The molecule has 3 heteroatoms. The van der Waals surface area contributed by atoms with Gasteiger partial charge in [0.15, 0.2) is 0 Å². The van der Waals surface area contributed by atoms with Crippen LogP contribution in [0.5, 0.6) is 0 Å². The van der Waals surface area contributed by atoms with Crippen LogP contribution in [-0.4, -0.2) is 16.1 Å². The van der Waals surface area contributed by atoms with Gasteiger partial charge >= 0.3 is 5.97 Å². The van der Waals surface area contributed by atoms with Crippen LogP contribution in [0.1, 0.15) is 42.9 Å². The van der Waals surface area contributed by atoms with Crippen LogP contribution in [0.2, 0.25) is 0 Å². The molecule has 0 spiro atoms. The number of aryl methyl sites for hydroxylation is 1. The highest BCUT2D eigenvalue weighted by Gasteiger charge is 2.17. The van der Waals surface area contributed by atoms with Gasteiger partial charge in [0, 0.05) is 10.9 Å². The quantitative estimate of drug-likeness (QED) is 0.671. The fraction of sp³-hybridized carbons (Fsp3) is 0.286. The summed E-state index contributed by atoms with van der Waals surface area (Å²) in [6, 6.07) is 14.5. The number of hydrogen-bond acceptors (Lipinski definition) is 1. The van der Waals surface area contributed by atoms with Crippen molar-refractivity contribution in [1.29, 1.82) is 0 Å². The molecule has 3 nitrogen and oxygen atoms in total. The Hall–Kier alpha value is -2.55. The first-order valence-electron chi connectivity index (χ1n) is 8.43. The van der Waals surface area contributed by atoms with Gasteiger partial charge in [0.05, 0.1) is 12.1 Å². The number of aromatic amines is 1. The first kappa shape index (κ1) is 16.3. The van der Waals surface area contributed by atoms with E-state index in [0.717, 1.165) is 34.1 Å². The number of fused-ring (bicyclic) bond motifs is 1. The molecule has 1 heterocycles. The average molecular weight is 321 g/mol. The molecule has 1 aromatic heterocycles. The van der Waals surface area contributed by atoms with Crippen molar-refractivity contribution >= 4 is 16.9 Å². The molecule has 0 saturated heterocycles. The Labute approximate surface area is 142 Å². The monoisotopic (exact) mass is 321 g/mol. The number of carbonyl (C=O) groups is 1. The summed E-state index contributed by atoms with van der Waals surface area (Å²) >= 11 is 0. The third kappa shape index (κ3) is 3.07. The van der Waals surface area contributed by atoms with E-state index in [1.165, 1.54) is 11.1 Å². The lowest BCUT2D eigenvalue weighted by atomic mass is 9.95. The third-order valence-corrected chi connectivity index (χ3v) is 4.78. The summed E-state index contributed by atoms with van der Waals surface area (Å²) in [7, 11) is 0. The van der Waals surface area contributed by atoms with Crippen molar-refractivity contribution in [3.63, 3.8) is 0 Å². The number of H-pyrrole nitrogens is 1. The highest BCUT2D eigenvalue weighted by atomic mass is 16.4. The molecule has 124 valence electrons. The average Bonchev–Trinajstić information content (AvgIpc) is 2.92. The fourth-order valence-corrected chi connectivity index (χ4v) is 3.11. The first-order valence-corrected chi connectivity index (χ1v) is 8.43. The number of carboxylic acid groups (broad SMARTS) is 1. The summed E-state index contributed by atoms with van der Waals surface area (Å²) in [5, 5.41) is 10.4. The number of rotatable bonds is 5. The zero-order valence-corrected chi connectivity index (χ0v) is 14.4. The van der Waals surface area contributed by atoms with Crippen molar-refractivity contribution in [2.45, 2.75) is 39.5 Å². The highest BCUT2D eigenvalue weighted by molar-refractivity contribution is 5.94. The maximum absolute atomic E-state index is 11.4. The van der Waals surface area contributed by atoms with Crippen LogP contribution >= 0.6 is 0 Å². The Morgan fingerprint density at radius 2 is 1.88 bits per heavy atom. The van der Waals surface area contributed by atoms with Crippen LogP contribution in [0, 0.1) is 6.92 Å². The minimum Gasteiger partial charge on any atom is -0.481 e. The van der Waals surface area contributed by atoms with Crippen LogP contribution < -0.4 is 0 Å². The molecule has 0 radical (unpaired) electrons. The Morgan fingerprint density at radius 1 is 1.17 bits per heavy atom. The maximum Gasteiger partial charge on any atom is 0.307 e. The molecule has 24 heavy (non-hydrogen) atoms. The van der Waals surface area contributed by atoms with Gasteiger partial charge < -0.3 is 10.1 Å². The van der Waals surface area contributed by atoms with E-state index in [1.807, 2.05) is 19.1 Å². The lowest BCUT2D eigenvalue weighted by Gasteiger charge is -2.09. The third-order valence-electron chi connectivity index (χ3n) is 4.78. The second-order valence-corrected chi connectivity index (χ2v) is 6.53. The van der Waals surface area contributed by atoms with Gasteiger partial charge in [-0.15, -0.1) is 0 Å². The summed E-state index contributed by atoms with van der Waals surface area (Å²) in [6.07, 6.45) is 1.09. The second kappa shape index (κ2) is 6.52. The molecular formula is C21H23NO2. The van der Waals surface area contributed by atoms with Crippen LogP contribution in [0.4, 0.5) is 0 Å². The standard InChI is InChI=1S/C21H23NO2/c1-4-14(3)16-9-10-19-17(11-16)18(12-20(23)24)21(22-19)15-7-5-13(2)6-8-15/h5-11,14,22H,4,12H2,1-3H3,(H,23,24). The maximum atomic E-state index is 11.4. The van der Waals surface area contributed by atoms with Gasteiger partial charge in [-0.05, 0) is 48.1 Å². The normalized spacial score (nSPS) is 12.5. The molecule has 1 unspecified atom stereocenters. The van der Waals surface area contributed by atoms with Crippen molar-refractivity contribution in [3.8, 4) is 11.3 Å². The van der Waals surface area contributed by atoms with Crippen molar-refractivity contribution in [2.24, 2.45) is 0 Å². The van der Waals surface area contributed by atoms with Crippen LogP contribution in [0.15, 0.2) is 42.5 Å². The number of hydrogen-bond donors (Lipinski definition) is 2. The largest absolute Gasteiger partial charge is 0.481 e. The smallest absolute Gasteiger partial charge is 0.307 e. The van der Waals surface area contributed by atoms with Gasteiger partial charge in [-0.25, -0.2) is 0 Å². The van der Waals surface area contributed by atoms with E-state index in [9.17, 15) is 9.90 Å². The number of carboxylic acids is 1. The Kier molecular flexibility index (Phi) is 4.43. The topological polar surface area (TPSA) is 53.1 Å². The van der Waals surface area contributed by atoms with Crippen LogP contribution in [-0.2, 0) is 11.2 Å². The van der Waals surface area contributed by atoms with Gasteiger partial charge in [-0.3, -0.25) is 4.79 Å². The fourth-order valence-electron chi connectivity index (χ4n) is 3.11. The van der Waals surface area contributed by atoms with Crippen molar-refractivity contribution in [2.75, 3.05) is 0 Å². The molecule has 0 amide bonds. The van der Waals surface area contributed by atoms with Gasteiger partial charge in [-0.1, -0.05) is 49.7 Å². The molecule has 0 aliphatic carbocycles. The molecule has 3 aromatic rings. The van der Waals surface area contributed by atoms with Gasteiger partial charge in [0.25, 0.3) is 0 Å². The Bertz CT molecular complexity index is 875.